The van der Waals surface area contributed by atoms with E-state index in [0.717, 1.165) is 6.42 Å². The summed E-state index contributed by atoms with van der Waals surface area (Å²) < 4.78 is 0. The second kappa shape index (κ2) is 7.55. The van der Waals surface area contributed by atoms with Gasteiger partial charge in [-0.25, -0.2) is 0 Å². The van der Waals surface area contributed by atoms with E-state index in [1.165, 1.54) is 0 Å². The number of benzene rings is 1. The summed E-state index contributed by atoms with van der Waals surface area (Å²) >= 11 is 0. The predicted molar refractivity (Wildman–Crippen MR) is 86.2 cm³/mol. The van der Waals surface area contributed by atoms with Crippen LogP contribution in [0.3, 0.4) is 0 Å². The first-order chi connectivity index (χ1) is 11.4. The Morgan fingerprint density at radius 2 is 1.67 bits per heavy atom. The van der Waals surface area contributed by atoms with Crippen LogP contribution in [0.4, 0.5) is 0 Å². The lowest BCUT2D eigenvalue weighted by molar-refractivity contribution is -0.154. The van der Waals surface area contributed by atoms with Crippen molar-refractivity contribution in [3.05, 3.63) is 35.9 Å². The second-order valence-electron chi connectivity index (χ2n) is 6.12. The summed E-state index contributed by atoms with van der Waals surface area (Å²) in [6, 6.07) is 8.55. The molecule has 2 saturated heterocycles. The second-order valence-corrected chi connectivity index (χ2v) is 6.12. The van der Waals surface area contributed by atoms with Crippen molar-refractivity contribution in [2.45, 2.75) is 31.0 Å². The number of carboxylic acid groups (broad SMARTS) is 1. The van der Waals surface area contributed by atoms with Crippen LogP contribution in [0.15, 0.2) is 30.3 Å². The summed E-state index contributed by atoms with van der Waals surface area (Å²) in [7, 11) is 1.86. The van der Waals surface area contributed by atoms with Crippen LogP contribution in [-0.4, -0.2) is 58.5 Å². The van der Waals surface area contributed by atoms with Crippen LogP contribution in [0.1, 0.15) is 23.2 Å². The highest BCUT2D eigenvalue weighted by atomic mass is 16.4. The maximum absolute atomic E-state index is 12.7. The van der Waals surface area contributed by atoms with E-state index in [9.17, 15) is 19.8 Å². The number of nitrogens with zero attached hydrogens (tertiary/aromatic N) is 1. The summed E-state index contributed by atoms with van der Waals surface area (Å²) in [5.41, 5.74) is 4.70. The number of fused-ring (bicyclic) bond motifs is 2. The number of aliphatic carboxylic acids is 1. The number of hydrogen-bond acceptors (Lipinski definition) is 5. The van der Waals surface area contributed by atoms with Gasteiger partial charge in [-0.15, -0.1) is 0 Å². The molecule has 7 nitrogen and oxygen atoms in total. The fourth-order valence-corrected chi connectivity index (χ4v) is 3.97. The molecule has 0 radical (unpaired) electrons. The van der Waals surface area contributed by atoms with E-state index < -0.39 is 23.9 Å². The fourth-order valence-electron chi connectivity index (χ4n) is 3.97. The van der Waals surface area contributed by atoms with Crippen molar-refractivity contribution in [3.63, 3.8) is 0 Å². The zero-order valence-electron chi connectivity index (χ0n) is 13.4. The number of hydrogen-bond donors (Lipinski definition) is 3. The van der Waals surface area contributed by atoms with Crippen molar-refractivity contribution in [2.24, 2.45) is 17.6 Å². The van der Waals surface area contributed by atoms with Crippen molar-refractivity contribution in [1.82, 2.24) is 4.90 Å². The number of carbonyl (C=O) groups excluding carboxylic acids is 2. The number of aliphatic hydroxyl groups is 1. The molecule has 1 unspecified atom stereocenters. The van der Waals surface area contributed by atoms with Crippen molar-refractivity contribution in [1.29, 1.82) is 0 Å². The first-order valence-corrected chi connectivity index (χ1v) is 7.81. The molecule has 0 saturated carbocycles. The lowest BCUT2D eigenvalue weighted by Gasteiger charge is -2.43. The zero-order chi connectivity index (χ0) is 17.9. The van der Waals surface area contributed by atoms with Crippen LogP contribution >= 0.6 is 0 Å². The first-order valence-electron chi connectivity index (χ1n) is 7.81. The highest BCUT2D eigenvalue weighted by Gasteiger charge is 2.55. The average Bonchev–Trinajstić information content (AvgIpc) is 2.82. The Balaban J connectivity index is 0.000000647. The summed E-state index contributed by atoms with van der Waals surface area (Å²) in [6.07, 6.45) is 0.600. The standard InChI is InChI=1S/C16H19NO4.CH3NO/c1-17-10-7-8-11(17)13(16(20)21)15(19)12(10)14(18)9-5-3-2-4-6-9;2-1-3/h2-6,10-13,15,19H,7-8H2,1H3,(H,20,21);1H,(H2,2,3)/t10-,11+,12?,13+,15-;/m0./s1. The quantitative estimate of drug-likeness (QED) is 0.533. The van der Waals surface area contributed by atoms with Gasteiger partial charge in [0.15, 0.2) is 5.78 Å². The Morgan fingerprint density at radius 1 is 1.17 bits per heavy atom. The van der Waals surface area contributed by atoms with Gasteiger partial charge in [0.05, 0.1) is 17.9 Å². The maximum atomic E-state index is 12.7. The molecule has 7 heteroatoms. The molecule has 1 aromatic rings. The molecule has 130 valence electrons. The molecule has 5 atom stereocenters. The van der Waals surface area contributed by atoms with E-state index in [4.69, 9.17) is 4.79 Å². The third kappa shape index (κ3) is 3.18. The van der Waals surface area contributed by atoms with E-state index in [0.29, 0.717) is 12.0 Å². The van der Waals surface area contributed by atoms with Crippen LogP contribution in [0.2, 0.25) is 0 Å². The molecular formula is C17H22N2O5. The minimum atomic E-state index is -1.12. The normalized spacial score (nSPS) is 31.7. The van der Waals surface area contributed by atoms with Gasteiger partial charge in [0, 0.05) is 17.6 Å². The Kier molecular flexibility index (Phi) is 5.69. The van der Waals surface area contributed by atoms with Crippen LogP contribution in [-0.2, 0) is 9.59 Å². The summed E-state index contributed by atoms with van der Waals surface area (Å²) in [5, 5.41) is 19.9. The van der Waals surface area contributed by atoms with Crippen LogP contribution in [0.5, 0.6) is 0 Å². The summed E-state index contributed by atoms with van der Waals surface area (Å²) in [4.78, 5) is 34.8. The number of amides is 1. The summed E-state index contributed by atoms with van der Waals surface area (Å²) in [6.45, 7) is 0. The van der Waals surface area contributed by atoms with Gasteiger partial charge in [0.1, 0.15) is 0 Å². The van der Waals surface area contributed by atoms with E-state index in [2.05, 4.69) is 5.73 Å². The number of aliphatic hydroxyl groups excluding tert-OH is 1. The molecule has 1 aromatic carbocycles. The molecular weight excluding hydrogens is 312 g/mol. The van der Waals surface area contributed by atoms with Crippen molar-refractivity contribution >= 4 is 18.2 Å². The molecule has 3 rings (SSSR count). The molecule has 0 aromatic heterocycles. The number of piperidine rings is 1. The minimum Gasteiger partial charge on any atom is -0.481 e. The number of ketones is 1. The Labute approximate surface area is 140 Å². The van der Waals surface area contributed by atoms with Gasteiger partial charge in [0.2, 0.25) is 6.41 Å². The summed E-state index contributed by atoms with van der Waals surface area (Å²) in [5.74, 6) is -2.75. The lowest BCUT2D eigenvalue weighted by atomic mass is 9.76. The van der Waals surface area contributed by atoms with Crippen molar-refractivity contribution < 1.29 is 24.6 Å². The van der Waals surface area contributed by atoms with E-state index >= 15 is 0 Å². The first kappa shape index (κ1) is 18.1. The molecule has 1 amide bonds. The monoisotopic (exact) mass is 334 g/mol. The fraction of sp³-hybridized carbons (Fsp3) is 0.471. The molecule has 2 aliphatic heterocycles. The van der Waals surface area contributed by atoms with Gasteiger partial charge in [-0.1, -0.05) is 30.3 Å². The molecule has 24 heavy (non-hydrogen) atoms. The third-order valence-corrected chi connectivity index (χ3v) is 5.02. The molecule has 2 aliphatic rings. The van der Waals surface area contributed by atoms with Crippen molar-refractivity contribution in [3.8, 4) is 0 Å². The molecule has 2 fully saturated rings. The molecule has 4 N–H and O–H groups in total. The minimum absolute atomic E-state index is 0.0756. The highest BCUT2D eigenvalue weighted by Crippen LogP contribution is 2.43. The largest absolute Gasteiger partial charge is 0.481 e. The highest BCUT2D eigenvalue weighted by molar-refractivity contribution is 5.99. The maximum Gasteiger partial charge on any atom is 0.310 e. The molecule has 0 aliphatic carbocycles. The molecule has 2 bridgehead atoms. The Bertz CT molecular complexity index is 606. The Morgan fingerprint density at radius 3 is 2.17 bits per heavy atom. The predicted octanol–water partition coefficient (Wildman–Crippen LogP) is 0.125. The van der Waals surface area contributed by atoms with E-state index in [-0.39, 0.29) is 24.3 Å². The number of Topliss-reactive ketones (excluding diaryl/α,β-unsaturated/α-hetero) is 1. The molecule has 2 heterocycles. The SMILES string of the molecule is CN1[C@@H]2CC[C@H]1C(C(=O)c1ccccc1)[C@H](O)[C@@H]2C(=O)O.NC=O. The van der Waals surface area contributed by atoms with Gasteiger partial charge >= 0.3 is 5.97 Å². The smallest absolute Gasteiger partial charge is 0.310 e. The Hall–Kier alpha value is -2.25. The topological polar surface area (TPSA) is 121 Å². The van der Waals surface area contributed by atoms with Gasteiger partial charge in [0.25, 0.3) is 0 Å². The van der Waals surface area contributed by atoms with Crippen LogP contribution in [0, 0.1) is 11.8 Å². The van der Waals surface area contributed by atoms with E-state index in [1.54, 1.807) is 24.3 Å². The number of nitrogens with two attached hydrogens (primary N) is 1. The van der Waals surface area contributed by atoms with Crippen LogP contribution in [0.25, 0.3) is 0 Å². The lowest BCUT2D eigenvalue weighted by Crippen LogP contribution is -2.59. The number of primary amides is 1. The average molecular weight is 334 g/mol. The van der Waals surface area contributed by atoms with Crippen LogP contribution < -0.4 is 5.73 Å². The zero-order valence-corrected chi connectivity index (χ0v) is 13.4. The van der Waals surface area contributed by atoms with Gasteiger partial charge in [-0.2, -0.15) is 0 Å². The van der Waals surface area contributed by atoms with Gasteiger partial charge < -0.3 is 15.9 Å². The van der Waals surface area contributed by atoms with Gasteiger partial charge in [-0.3, -0.25) is 19.3 Å². The van der Waals surface area contributed by atoms with E-state index in [1.807, 2.05) is 18.0 Å². The van der Waals surface area contributed by atoms with Gasteiger partial charge in [-0.05, 0) is 19.9 Å². The number of carbonyl (C=O) groups is 3. The van der Waals surface area contributed by atoms with Crippen molar-refractivity contribution in [2.75, 3.05) is 7.05 Å². The number of rotatable bonds is 3. The third-order valence-electron chi connectivity index (χ3n) is 5.02. The molecule has 0 spiro atoms. The number of carboxylic acids is 1.